The first kappa shape index (κ1) is 15.5. The number of hydrogen-bond acceptors (Lipinski definition) is 4. The van der Waals surface area contributed by atoms with Gasteiger partial charge in [-0.25, -0.2) is 0 Å². The molecule has 2 aromatic carbocycles. The van der Waals surface area contributed by atoms with E-state index in [1.165, 1.54) is 32.4 Å². The summed E-state index contributed by atoms with van der Waals surface area (Å²) in [4.78, 5) is 12.5. The van der Waals surface area contributed by atoms with Crippen molar-refractivity contribution >= 4 is 34.7 Å². The predicted molar refractivity (Wildman–Crippen MR) is 83.9 cm³/mol. The highest BCUT2D eigenvalue weighted by Crippen LogP contribution is 2.34. The Labute approximate surface area is 132 Å². The lowest BCUT2D eigenvalue weighted by atomic mass is 10.0. The number of rotatable bonds is 4. The Kier molecular flexibility index (Phi) is 4.60. The number of halogens is 2. The van der Waals surface area contributed by atoms with Crippen molar-refractivity contribution in [2.45, 2.75) is 0 Å². The molecule has 110 valence electrons. The zero-order valence-electron chi connectivity index (χ0n) is 11.4. The van der Waals surface area contributed by atoms with Gasteiger partial charge in [0.1, 0.15) is 0 Å². The lowest BCUT2D eigenvalue weighted by Gasteiger charge is -2.11. The molecule has 0 spiro atoms. The Morgan fingerprint density at radius 3 is 2.19 bits per heavy atom. The largest absolute Gasteiger partial charge is 0.493 e. The first-order chi connectivity index (χ1) is 9.96. The number of anilines is 1. The van der Waals surface area contributed by atoms with Crippen molar-refractivity contribution in [1.29, 1.82) is 0 Å². The van der Waals surface area contributed by atoms with Crippen LogP contribution in [0.5, 0.6) is 11.5 Å². The van der Waals surface area contributed by atoms with Gasteiger partial charge in [0.2, 0.25) is 0 Å². The number of hydrogen-bond donors (Lipinski definition) is 1. The van der Waals surface area contributed by atoms with Crippen LogP contribution in [0.25, 0.3) is 0 Å². The SMILES string of the molecule is COc1cc(Cl)c(C(=O)c2cc(N)cc(Cl)c2)cc1OC. The van der Waals surface area contributed by atoms with Gasteiger partial charge < -0.3 is 15.2 Å². The number of nitrogen functional groups attached to an aromatic ring is 1. The lowest BCUT2D eigenvalue weighted by Crippen LogP contribution is -2.04. The van der Waals surface area contributed by atoms with Crippen LogP contribution in [0.4, 0.5) is 5.69 Å². The Hall–Kier alpha value is -1.91. The van der Waals surface area contributed by atoms with Crippen molar-refractivity contribution in [2.24, 2.45) is 0 Å². The molecule has 0 aromatic heterocycles. The third-order valence-electron chi connectivity index (χ3n) is 2.90. The number of ether oxygens (including phenoxy) is 2. The van der Waals surface area contributed by atoms with Crippen LogP contribution in [0.2, 0.25) is 10.0 Å². The molecule has 2 rings (SSSR count). The molecule has 21 heavy (non-hydrogen) atoms. The summed E-state index contributed by atoms with van der Waals surface area (Å²) < 4.78 is 10.3. The summed E-state index contributed by atoms with van der Waals surface area (Å²) in [5.74, 6) is 0.570. The van der Waals surface area contributed by atoms with Gasteiger partial charge in [-0.3, -0.25) is 4.79 Å². The van der Waals surface area contributed by atoms with E-state index in [4.69, 9.17) is 38.4 Å². The molecule has 0 bridgehead atoms. The summed E-state index contributed by atoms with van der Waals surface area (Å²) in [6.07, 6.45) is 0. The Morgan fingerprint density at radius 2 is 1.62 bits per heavy atom. The van der Waals surface area contributed by atoms with Crippen molar-refractivity contribution in [2.75, 3.05) is 20.0 Å². The van der Waals surface area contributed by atoms with Crippen LogP contribution in [0.3, 0.4) is 0 Å². The van der Waals surface area contributed by atoms with Crippen LogP contribution in [0.15, 0.2) is 30.3 Å². The van der Waals surface area contributed by atoms with E-state index in [1.54, 1.807) is 12.1 Å². The van der Waals surface area contributed by atoms with Crippen LogP contribution in [-0.4, -0.2) is 20.0 Å². The molecule has 0 radical (unpaired) electrons. The molecule has 2 aromatic rings. The van der Waals surface area contributed by atoms with Crippen LogP contribution >= 0.6 is 23.2 Å². The normalized spacial score (nSPS) is 10.3. The highest BCUT2D eigenvalue weighted by atomic mass is 35.5. The van der Waals surface area contributed by atoms with E-state index in [9.17, 15) is 4.79 Å². The molecule has 6 heteroatoms. The zero-order chi connectivity index (χ0) is 15.6. The molecule has 0 aliphatic carbocycles. The van der Waals surface area contributed by atoms with E-state index >= 15 is 0 Å². The van der Waals surface area contributed by atoms with Crippen LogP contribution < -0.4 is 15.2 Å². The number of nitrogens with two attached hydrogens (primary N) is 1. The third-order valence-corrected chi connectivity index (χ3v) is 3.43. The summed E-state index contributed by atoms with van der Waals surface area (Å²) in [5, 5.41) is 0.645. The number of carbonyl (C=O) groups is 1. The average molecular weight is 326 g/mol. The van der Waals surface area contributed by atoms with E-state index in [1.807, 2.05) is 0 Å². The maximum Gasteiger partial charge on any atom is 0.194 e. The van der Waals surface area contributed by atoms with Crippen LogP contribution in [0, 0.1) is 0 Å². The van der Waals surface area contributed by atoms with Gasteiger partial charge in [0.15, 0.2) is 17.3 Å². The standard InChI is InChI=1S/C15H13Cl2NO3/c1-20-13-6-11(12(17)7-14(13)21-2)15(19)8-3-9(16)5-10(18)4-8/h3-7H,18H2,1-2H3. The minimum Gasteiger partial charge on any atom is -0.493 e. The summed E-state index contributed by atoms with van der Waals surface area (Å²) in [5.41, 5.74) is 6.75. The van der Waals surface area contributed by atoms with E-state index < -0.39 is 0 Å². The van der Waals surface area contributed by atoms with Crippen LogP contribution in [-0.2, 0) is 0 Å². The van der Waals surface area contributed by atoms with Crippen molar-refractivity contribution in [3.8, 4) is 11.5 Å². The molecular formula is C15H13Cl2NO3. The van der Waals surface area contributed by atoms with Crippen molar-refractivity contribution < 1.29 is 14.3 Å². The summed E-state index contributed by atoms with van der Waals surface area (Å²) in [7, 11) is 2.98. The van der Waals surface area contributed by atoms with E-state index in [0.717, 1.165) is 0 Å². The smallest absolute Gasteiger partial charge is 0.194 e. The predicted octanol–water partition coefficient (Wildman–Crippen LogP) is 3.82. The summed E-state index contributed by atoms with van der Waals surface area (Å²) in [6.45, 7) is 0. The second-order valence-electron chi connectivity index (χ2n) is 4.29. The monoisotopic (exact) mass is 325 g/mol. The third kappa shape index (κ3) is 3.23. The van der Waals surface area contributed by atoms with Gasteiger partial charge in [0.05, 0.1) is 19.2 Å². The van der Waals surface area contributed by atoms with Gasteiger partial charge in [0.25, 0.3) is 0 Å². The fourth-order valence-electron chi connectivity index (χ4n) is 1.93. The molecule has 0 amide bonds. The first-order valence-corrected chi connectivity index (χ1v) is 6.74. The summed E-state index contributed by atoms with van der Waals surface area (Å²) >= 11 is 12.1. The van der Waals surface area contributed by atoms with Gasteiger partial charge in [-0.2, -0.15) is 0 Å². The number of carbonyl (C=O) groups excluding carboxylic acids is 1. The molecule has 0 fully saturated rings. The first-order valence-electron chi connectivity index (χ1n) is 5.98. The van der Waals surface area contributed by atoms with E-state index in [0.29, 0.717) is 27.8 Å². The van der Waals surface area contributed by atoms with Gasteiger partial charge in [-0.15, -0.1) is 0 Å². The Morgan fingerprint density at radius 1 is 1.00 bits per heavy atom. The van der Waals surface area contributed by atoms with Crippen LogP contribution in [0.1, 0.15) is 15.9 Å². The zero-order valence-corrected chi connectivity index (χ0v) is 13.0. The fourth-order valence-corrected chi connectivity index (χ4v) is 2.41. The number of methoxy groups -OCH3 is 2. The molecule has 0 aliphatic heterocycles. The van der Waals surface area contributed by atoms with E-state index in [-0.39, 0.29) is 16.4 Å². The molecule has 0 saturated heterocycles. The maximum absolute atomic E-state index is 12.5. The molecule has 2 N–H and O–H groups in total. The van der Waals surface area contributed by atoms with Gasteiger partial charge >= 0.3 is 0 Å². The molecule has 4 nitrogen and oxygen atoms in total. The van der Waals surface area contributed by atoms with Gasteiger partial charge in [-0.1, -0.05) is 23.2 Å². The highest BCUT2D eigenvalue weighted by Gasteiger charge is 2.18. The van der Waals surface area contributed by atoms with Gasteiger partial charge in [0, 0.05) is 27.9 Å². The minimum atomic E-state index is -0.296. The fraction of sp³-hybridized carbons (Fsp3) is 0.133. The number of ketones is 1. The summed E-state index contributed by atoms with van der Waals surface area (Å²) in [6, 6.07) is 7.70. The van der Waals surface area contributed by atoms with Crippen molar-refractivity contribution in [3.05, 3.63) is 51.5 Å². The Balaban J connectivity index is 2.52. The Bertz CT molecular complexity index is 681. The van der Waals surface area contributed by atoms with Gasteiger partial charge in [-0.05, 0) is 24.3 Å². The highest BCUT2D eigenvalue weighted by molar-refractivity contribution is 6.35. The molecular weight excluding hydrogens is 313 g/mol. The quantitative estimate of drug-likeness (QED) is 0.685. The average Bonchev–Trinajstić information content (AvgIpc) is 2.45. The number of benzene rings is 2. The lowest BCUT2D eigenvalue weighted by molar-refractivity contribution is 0.103. The molecule has 0 atom stereocenters. The van der Waals surface area contributed by atoms with Crippen molar-refractivity contribution in [3.63, 3.8) is 0 Å². The molecule has 0 aliphatic rings. The minimum absolute atomic E-state index is 0.260. The van der Waals surface area contributed by atoms with Crippen molar-refractivity contribution in [1.82, 2.24) is 0 Å². The topological polar surface area (TPSA) is 61.5 Å². The maximum atomic E-state index is 12.5. The second kappa shape index (κ2) is 6.24. The molecule has 0 heterocycles. The second-order valence-corrected chi connectivity index (χ2v) is 5.13. The van der Waals surface area contributed by atoms with E-state index in [2.05, 4.69) is 0 Å². The molecule has 0 saturated carbocycles. The molecule has 0 unspecified atom stereocenters.